The zero-order chi connectivity index (χ0) is 32.3. The van der Waals surface area contributed by atoms with Gasteiger partial charge in [-0.1, -0.05) is 36.6 Å². The number of amides is 1. The molecule has 2 aliphatic rings. The maximum atomic E-state index is 13.0. The van der Waals surface area contributed by atoms with Crippen LogP contribution in [0, 0.1) is 12.8 Å². The van der Waals surface area contributed by atoms with Crippen molar-refractivity contribution in [3.63, 3.8) is 0 Å². The summed E-state index contributed by atoms with van der Waals surface area (Å²) >= 11 is 6.46. The summed E-state index contributed by atoms with van der Waals surface area (Å²) in [4.78, 5) is 24.2. The number of rotatable bonds is 10. The summed E-state index contributed by atoms with van der Waals surface area (Å²) in [6.45, 7) is 10.9. The topological polar surface area (TPSA) is 114 Å². The molecule has 1 aromatic heterocycles. The Morgan fingerprint density at radius 3 is 2.36 bits per heavy atom. The molecular formula is C34H44ClN5O4S. The number of benzene rings is 2. The van der Waals surface area contributed by atoms with Crippen LogP contribution >= 0.6 is 11.6 Å². The second kappa shape index (κ2) is 14.0. The third kappa shape index (κ3) is 7.55. The van der Waals surface area contributed by atoms with Gasteiger partial charge in [0.05, 0.1) is 33.8 Å². The molecule has 11 heteroatoms. The zero-order valence-electron chi connectivity index (χ0n) is 26.8. The number of nitrogens with zero attached hydrogens (tertiary/aromatic N) is 3. The standard InChI is InChI=1S/C34H44ClN5O4S/c1-21(2)44-30-19-26(24-14-16-40(17-15-24)33(41)25-10-6-7-11-25)23(5)18-29(30)38-34-36-20-27(35)32(39-34)37-28-12-8-9-13-31(28)45(42,43)22(3)4/h8-9,12-13,18-22,24-25H,6-7,10-11,14-17H2,1-5H3,(H2,36,37,38,39). The Kier molecular flexibility index (Phi) is 10.2. The molecule has 1 saturated carbocycles. The van der Waals surface area contributed by atoms with Crippen LogP contribution in [-0.2, 0) is 14.6 Å². The Morgan fingerprint density at radius 2 is 1.69 bits per heavy atom. The molecule has 0 atom stereocenters. The highest BCUT2D eigenvalue weighted by Crippen LogP contribution is 2.39. The van der Waals surface area contributed by atoms with E-state index in [1.165, 1.54) is 24.6 Å². The second-order valence-electron chi connectivity index (χ2n) is 12.7. The first-order valence-corrected chi connectivity index (χ1v) is 17.9. The number of para-hydroxylation sites is 1. The molecule has 1 saturated heterocycles. The Labute approximate surface area is 272 Å². The fraction of sp³-hybridized carbons (Fsp3) is 0.500. The van der Waals surface area contributed by atoms with Crippen LogP contribution < -0.4 is 15.4 Å². The summed E-state index contributed by atoms with van der Waals surface area (Å²) in [7, 11) is -3.55. The van der Waals surface area contributed by atoms with Crippen LogP contribution in [0.5, 0.6) is 5.75 Å². The van der Waals surface area contributed by atoms with Gasteiger partial charge in [-0.3, -0.25) is 4.79 Å². The summed E-state index contributed by atoms with van der Waals surface area (Å²) < 4.78 is 32.2. The molecule has 45 heavy (non-hydrogen) atoms. The summed E-state index contributed by atoms with van der Waals surface area (Å²) in [6, 6.07) is 10.9. The first kappa shape index (κ1) is 33.0. The highest BCUT2D eigenvalue weighted by molar-refractivity contribution is 7.92. The van der Waals surface area contributed by atoms with E-state index in [9.17, 15) is 13.2 Å². The van der Waals surface area contributed by atoms with Crippen LogP contribution in [-0.4, -0.2) is 53.6 Å². The third-order valence-electron chi connectivity index (χ3n) is 8.74. The van der Waals surface area contributed by atoms with Gasteiger partial charge in [0.1, 0.15) is 10.8 Å². The van der Waals surface area contributed by atoms with Crippen LogP contribution in [0.1, 0.15) is 83.3 Å². The molecule has 2 N–H and O–H groups in total. The fourth-order valence-corrected chi connectivity index (χ4v) is 7.61. The van der Waals surface area contributed by atoms with E-state index in [0.29, 0.717) is 23.3 Å². The van der Waals surface area contributed by atoms with Crippen LogP contribution in [0.2, 0.25) is 5.02 Å². The average Bonchev–Trinajstić information content (AvgIpc) is 3.55. The van der Waals surface area contributed by atoms with Gasteiger partial charge in [0.2, 0.25) is 11.9 Å². The van der Waals surface area contributed by atoms with E-state index in [1.807, 2.05) is 13.8 Å². The first-order chi connectivity index (χ1) is 21.4. The van der Waals surface area contributed by atoms with Gasteiger partial charge in [-0.25, -0.2) is 13.4 Å². The zero-order valence-corrected chi connectivity index (χ0v) is 28.3. The number of hydrogen-bond donors (Lipinski definition) is 2. The number of carbonyl (C=O) groups excluding carboxylic acids is 1. The Morgan fingerprint density at radius 1 is 1.00 bits per heavy atom. The van der Waals surface area contributed by atoms with Crippen molar-refractivity contribution < 1.29 is 17.9 Å². The number of ether oxygens (including phenoxy) is 1. The molecule has 0 unspecified atom stereocenters. The Hall–Kier alpha value is -3.37. The lowest BCUT2D eigenvalue weighted by Crippen LogP contribution is -2.40. The van der Waals surface area contributed by atoms with Gasteiger partial charge in [-0.15, -0.1) is 0 Å². The molecule has 0 bridgehead atoms. The van der Waals surface area contributed by atoms with Crippen LogP contribution in [0.3, 0.4) is 0 Å². The van der Waals surface area contributed by atoms with Crippen molar-refractivity contribution >= 4 is 50.5 Å². The van der Waals surface area contributed by atoms with Crippen LogP contribution in [0.4, 0.5) is 23.1 Å². The highest BCUT2D eigenvalue weighted by atomic mass is 35.5. The lowest BCUT2D eigenvalue weighted by molar-refractivity contribution is -0.136. The number of nitrogens with one attached hydrogen (secondary N) is 2. The van der Waals surface area contributed by atoms with Crippen molar-refractivity contribution in [3.05, 3.63) is 58.7 Å². The van der Waals surface area contributed by atoms with E-state index in [-0.39, 0.29) is 33.7 Å². The van der Waals surface area contributed by atoms with E-state index in [1.54, 1.807) is 38.1 Å². The molecular weight excluding hydrogens is 610 g/mol. The molecule has 1 aliphatic carbocycles. The number of hydrogen-bond acceptors (Lipinski definition) is 8. The molecule has 1 aliphatic heterocycles. The van der Waals surface area contributed by atoms with E-state index in [2.05, 4.69) is 44.6 Å². The van der Waals surface area contributed by atoms with Crippen molar-refractivity contribution in [2.45, 2.75) is 95.3 Å². The van der Waals surface area contributed by atoms with Crippen molar-refractivity contribution in [1.82, 2.24) is 14.9 Å². The molecule has 2 heterocycles. The third-order valence-corrected chi connectivity index (χ3v) is 11.2. The van der Waals surface area contributed by atoms with Gasteiger partial charge >= 0.3 is 0 Å². The Balaban J connectivity index is 1.37. The maximum absolute atomic E-state index is 13.0. The summed E-state index contributed by atoms with van der Waals surface area (Å²) in [5.41, 5.74) is 3.45. The predicted molar refractivity (Wildman–Crippen MR) is 180 cm³/mol. The summed E-state index contributed by atoms with van der Waals surface area (Å²) in [5.74, 6) is 2.15. The molecule has 9 nitrogen and oxygen atoms in total. The molecule has 3 aromatic rings. The van der Waals surface area contributed by atoms with Crippen LogP contribution in [0.15, 0.2) is 47.5 Å². The molecule has 0 radical (unpaired) electrons. The number of piperidine rings is 1. The van der Waals surface area contributed by atoms with E-state index in [4.69, 9.17) is 16.3 Å². The normalized spacial score (nSPS) is 16.4. The van der Waals surface area contributed by atoms with Crippen molar-refractivity contribution in [1.29, 1.82) is 0 Å². The van der Waals surface area contributed by atoms with Gasteiger partial charge in [0.15, 0.2) is 15.7 Å². The lowest BCUT2D eigenvalue weighted by Gasteiger charge is -2.34. The highest BCUT2D eigenvalue weighted by Gasteiger charge is 2.31. The minimum absolute atomic E-state index is 0.0604. The molecule has 242 valence electrons. The first-order valence-electron chi connectivity index (χ1n) is 15.9. The SMILES string of the molecule is Cc1cc(Nc2ncc(Cl)c(Nc3ccccc3S(=O)(=O)C(C)C)n2)c(OC(C)C)cc1C1CCN(C(=O)C2CCCC2)CC1. The second-order valence-corrected chi connectivity index (χ2v) is 15.6. The number of aryl methyl sites for hydroxylation is 1. The monoisotopic (exact) mass is 653 g/mol. The number of sulfone groups is 1. The van der Waals surface area contributed by atoms with Crippen molar-refractivity contribution in [3.8, 4) is 5.75 Å². The summed E-state index contributed by atoms with van der Waals surface area (Å²) in [5, 5.41) is 6.07. The number of likely N-dealkylation sites (tertiary alicyclic amines) is 1. The molecule has 5 rings (SSSR count). The minimum Gasteiger partial charge on any atom is -0.489 e. The van der Waals surface area contributed by atoms with Gasteiger partial charge in [-0.2, -0.15) is 4.98 Å². The maximum Gasteiger partial charge on any atom is 0.229 e. The van der Waals surface area contributed by atoms with Gasteiger partial charge in [0, 0.05) is 19.0 Å². The van der Waals surface area contributed by atoms with Crippen molar-refractivity contribution in [2.75, 3.05) is 23.7 Å². The number of anilines is 4. The number of halogens is 1. The molecule has 2 aromatic carbocycles. The average molecular weight is 654 g/mol. The van der Waals surface area contributed by atoms with Crippen LogP contribution in [0.25, 0.3) is 0 Å². The van der Waals surface area contributed by atoms with Gasteiger partial charge < -0.3 is 20.3 Å². The number of aromatic nitrogens is 2. The van der Waals surface area contributed by atoms with E-state index in [0.717, 1.165) is 50.0 Å². The largest absolute Gasteiger partial charge is 0.489 e. The lowest BCUT2D eigenvalue weighted by atomic mass is 9.86. The molecule has 1 amide bonds. The van der Waals surface area contributed by atoms with Gasteiger partial charge in [-0.05, 0) is 102 Å². The summed E-state index contributed by atoms with van der Waals surface area (Å²) in [6.07, 6.45) is 7.67. The molecule has 2 fully saturated rings. The van der Waals surface area contributed by atoms with Crippen molar-refractivity contribution in [2.24, 2.45) is 5.92 Å². The smallest absolute Gasteiger partial charge is 0.229 e. The van der Waals surface area contributed by atoms with E-state index >= 15 is 0 Å². The van der Waals surface area contributed by atoms with Gasteiger partial charge in [0.25, 0.3) is 0 Å². The quantitative estimate of drug-likeness (QED) is 0.228. The fourth-order valence-electron chi connectivity index (χ4n) is 6.27. The molecule has 0 spiro atoms. The minimum atomic E-state index is -3.55. The number of carbonyl (C=O) groups is 1. The predicted octanol–water partition coefficient (Wildman–Crippen LogP) is 7.79. The van der Waals surface area contributed by atoms with E-state index < -0.39 is 15.1 Å². The Bertz CT molecular complexity index is 1630.